The van der Waals surface area contributed by atoms with E-state index < -0.39 is 29.8 Å². The largest absolute Gasteiger partial charge is 0.481 e. The van der Waals surface area contributed by atoms with E-state index in [1.807, 2.05) is 12.2 Å². The number of nitrogens with two attached hydrogens (primary N) is 1. The van der Waals surface area contributed by atoms with Gasteiger partial charge in [0.15, 0.2) is 0 Å². The van der Waals surface area contributed by atoms with Gasteiger partial charge in [0.1, 0.15) is 6.04 Å². The van der Waals surface area contributed by atoms with Crippen LogP contribution in [0.4, 0.5) is 0 Å². The highest BCUT2D eigenvalue weighted by Crippen LogP contribution is 2.49. The maximum absolute atomic E-state index is 12.7. The summed E-state index contributed by atoms with van der Waals surface area (Å²) >= 11 is 0. The molecular formula is C14H18N2O4. The minimum absolute atomic E-state index is 0.0114. The van der Waals surface area contributed by atoms with Gasteiger partial charge in [-0.2, -0.15) is 0 Å². The lowest BCUT2D eigenvalue weighted by Crippen LogP contribution is -2.49. The second kappa shape index (κ2) is 4.61. The van der Waals surface area contributed by atoms with Crippen LogP contribution in [0.2, 0.25) is 0 Å². The number of primary amides is 1. The maximum atomic E-state index is 12.7. The van der Waals surface area contributed by atoms with Crippen molar-refractivity contribution in [1.29, 1.82) is 0 Å². The van der Waals surface area contributed by atoms with E-state index in [0.29, 0.717) is 13.0 Å². The minimum Gasteiger partial charge on any atom is -0.481 e. The standard InChI is InChI=1S/C14H18N2O4/c15-12(17)9-2-1-5-16(9)13(18)10-7-3-4-8(6-7)11(10)14(19)20/h3-4,7-11H,1-2,5-6H2,(H2,15,17)(H,19,20). The fourth-order valence-electron chi connectivity index (χ4n) is 4.01. The van der Waals surface area contributed by atoms with Gasteiger partial charge < -0.3 is 15.7 Å². The van der Waals surface area contributed by atoms with Crippen LogP contribution in [0, 0.1) is 23.7 Å². The van der Waals surface area contributed by atoms with Gasteiger partial charge in [-0.1, -0.05) is 12.2 Å². The Morgan fingerprint density at radius 3 is 2.40 bits per heavy atom. The average Bonchev–Trinajstić information content (AvgIpc) is 3.10. The molecule has 5 atom stereocenters. The molecular weight excluding hydrogens is 260 g/mol. The first-order valence-electron chi connectivity index (χ1n) is 7.01. The fourth-order valence-corrected chi connectivity index (χ4v) is 4.01. The van der Waals surface area contributed by atoms with Crippen molar-refractivity contribution in [3.63, 3.8) is 0 Å². The van der Waals surface area contributed by atoms with E-state index in [9.17, 15) is 19.5 Å². The number of aliphatic carboxylic acids is 1. The molecule has 3 N–H and O–H groups in total. The Morgan fingerprint density at radius 2 is 1.80 bits per heavy atom. The number of carbonyl (C=O) groups is 3. The number of allylic oxidation sites excluding steroid dienone is 2. The molecule has 0 radical (unpaired) electrons. The molecule has 0 aromatic carbocycles. The molecule has 5 unspecified atom stereocenters. The molecule has 0 spiro atoms. The molecule has 1 saturated heterocycles. The summed E-state index contributed by atoms with van der Waals surface area (Å²) in [4.78, 5) is 37.0. The summed E-state index contributed by atoms with van der Waals surface area (Å²) in [5.74, 6) is -2.90. The molecule has 3 rings (SSSR count). The average molecular weight is 278 g/mol. The van der Waals surface area contributed by atoms with E-state index in [4.69, 9.17) is 5.73 Å². The van der Waals surface area contributed by atoms with Gasteiger partial charge in [0, 0.05) is 6.54 Å². The first-order chi connectivity index (χ1) is 9.50. The first kappa shape index (κ1) is 13.1. The van der Waals surface area contributed by atoms with Crippen LogP contribution in [0.5, 0.6) is 0 Å². The van der Waals surface area contributed by atoms with Gasteiger partial charge in [-0.05, 0) is 31.1 Å². The van der Waals surface area contributed by atoms with Crippen molar-refractivity contribution < 1.29 is 19.5 Å². The number of likely N-dealkylation sites (tertiary alicyclic amines) is 1. The summed E-state index contributed by atoms with van der Waals surface area (Å²) in [5.41, 5.74) is 5.33. The molecule has 2 aliphatic carbocycles. The highest BCUT2D eigenvalue weighted by atomic mass is 16.4. The SMILES string of the molecule is NC(=O)C1CCCN1C(=O)C1C2C=CC(C2)C1C(=O)O. The number of carboxylic acid groups (broad SMARTS) is 1. The summed E-state index contributed by atoms with van der Waals surface area (Å²) in [6.45, 7) is 0.496. The van der Waals surface area contributed by atoms with Crippen LogP contribution < -0.4 is 5.73 Å². The number of hydrogen-bond acceptors (Lipinski definition) is 3. The van der Waals surface area contributed by atoms with Gasteiger partial charge in [0.25, 0.3) is 0 Å². The molecule has 2 fully saturated rings. The predicted molar refractivity (Wildman–Crippen MR) is 69.3 cm³/mol. The van der Waals surface area contributed by atoms with Crippen LogP contribution in [-0.4, -0.2) is 40.4 Å². The molecule has 20 heavy (non-hydrogen) atoms. The van der Waals surface area contributed by atoms with E-state index in [1.165, 1.54) is 4.90 Å². The van der Waals surface area contributed by atoms with E-state index in [0.717, 1.165) is 12.8 Å². The molecule has 6 heteroatoms. The van der Waals surface area contributed by atoms with Gasteiger partial charge in [-0.15, -0.1) is 0 Å². The third kappa shape index (κ3) is 1.82. The molecule has 3 aliphatic rings. The Bertz CT molecular complexity index is 501. The highest BCUT2D eigenvalue weighted by molar-refractivity contribution is 5.91. The number of rotatable bonds is 3. The van der Waals surface area contributed by atoms with Crippen molar-refractivity contribution >= 4 is 17.8 Å². The van der Waals surface area contributed by atoms with Gasteiger partial charge in [-0.25, -0.2) is 0 Å². The molecule has 108 valence electrons. The molecule has 1 aliphatic heterocycles. The predicted octanol–water partition coefficient (Wildman–Crippen LogP) is -0.0144. The summed E-state index contributed by atoms with van der Waals surface area (Å²) < 4.78 is 0. The topological polar surface area (TPSA) is 101 Å². The van der Waals surface area contributed by atoms with Crippen molar-refractivity contribution in [3.05, 3.63) is 12.2 Å². The monoisotopic (exact) mass is 278 g/mol. The Hall–Kier alpha value is -1.85. The molecule has 1 saturated carbocycles. The Labute approximate surface area is 116 Å². The van der Waals surface area contributed by atoms with Crippen molar-refractivity contribution in [3.8, 4) is 0 Å². The van der Waals surface area contributed by atoms with Crippen molar-refractivity contribution in [2.45, 2.75) is 25.3 Å². The summed E-state index contributed by atoms with van der Waals surface area (Å²) in [6, 6.07) is -0.569. The van der Waals surface area contributed by atoms with E-state index >= 15 is 0 Å². The zero-order valence-electron chi connectivity index (χ0n) is 11.1. The quantitative estimate of drug-likeness (QED) is 0.709. The number of nitrogens with zero attached hydrogens (tertiary/aromatic N) is 1. The third-order valence-electron chi connectivity index (χ3n) is 4.89. The van der Waals surface area contributed by atoms with E-state index in [1.54, 1.807) is 0 Å². The molecule has 6 nitrogen and oxygen atoms in total. The van der Waals surface area contributed by atoms with E-state index in [2.05, 4.69) is 0 Å². The molecule has 2 amide bonds. The van der Waals surface area contributed by atoms with Crippen LogP contribution in [0.3, 0.4) is 0 Å². The van der Waals surface area contributed by atoms with Crippen LogP contribution >= 0.6 is 0 Å². The number of fused-ring (bicyclic) bond motifs is 2. The maximum Gasteiger partial charge on any atom is 0.307 e. The second-order valence-corrected chi connectivity index (χ2v) is 5.93. The van der Waals surface area contributed by atoms with Gasteiger partial charge in [0.05, 0.1) is 11.8 Å². The lowest BCUT2D eigenvalue weighted by molar-refractivity contribution is -0.152. The number of carbonyl (C=O) groups excluding carboxylic acids is 2. The molecule has 0 aromatic rings. The van der Waals surface area contributed by atoms with E-state index in [-0.39, 0.29) is 17.7 Å². The van der Waals surface area contributed by atoms with Crippen LogP contribution in [0.25, 0.3) is 0 Å². The summed E-state index contributed by atoms with van der Waals surface area (Å²) in [5, 5.41) is 9.38. The third-order valence-corrected chi connectivity index (χ3v) is 4.89. The lowest BCUT2D eigenvalue weighted by atomic mass is 9.82. The fraction of sp³-hybridized carbons (Fsp3) is 0.643. The smallest absolute Gasteiger partial charge is 0.307 e. The Morgan fingerprint density at radius 1 is 1.15 bits per heavy atom. The van der Waals surface area contributed by atoms with Gasteiger partial charge in [0.2, 0.25) is 11.8 Å². The molecule has 1 heterocycles. The van der Waals surface area contributed by atoms with Gasteiger partial charge >= 0.3 is 5.97 Å². The van der Waals surface area contributed by atoms with Crippen molar-refractivity contribution in [2.24, 2.45) is 29.4 Å². The summed E-state index contributed by atoms with van der Waals surface area (Å²) in [6.07, 6.45) is 5.90. The van der Waals surface area contributed by atoms with Gasteiger partial charge in [-0.3, -0.25) is 14.4 Å². The zero-order chi connectivity index (χ0) is 14.4. The van der Waals surface area contributed by atoms with Crippen LogP contribution in [0.15, 0.2) is 12.2 Å². The normalized spacial score (nSPS) is 38.4. The van der Waals surface area contributed by atoms with Crippen LogP contribution in [-0.2, 0) is 14.4 Å². The summed E-state index contributed by atoms with van der Waals surface area (Å²) in [7, 11) is 0. The zero-order valence-corrected chi connectivity index (χ0v) is 11.1. The first-order valence-corrected chi connectivity index (χ1v) is 7.01. The number of hydrogen-bond donors (Lipinski definition) is 2. The Kier molecular flexibility index (Phi) is 3.03. The highest BCUT2D eigenvalue weighted by Gasteiger charge is 2.53. The molecule has 2 bridgehead atoms. The number of amides is 2. The lowest BCUT2D eigenvalue weighted by Gasteiger charge is -2.30. The van der Waals surface area contributed by atoms with Crippen molar-refractivity contribution in [2.75, 3.05) is 6.54 Å². The number of carboxylic acids is 1. The van der Waals surface area contributed by atoms with Crippen LogP contribution in [0.1, 0.15) is 19.3 Å². The van der Waals surface area contributed by atoms with Crippen molar-refractivity contribution in [1.82, 2.24) is 4.90 Å². The second-order valence-electron chi connectivity index (χ2n) is 5.93. The Balaban J connectivity index is 1.85. The molecule has 0 aromatic heterocycles. The minimum atomic E-state index is -0.921.